The summed E-state index contributed by atoms with van der Waals surface area (Å²) in [5.41, 5.74) is 2.30. The van der Waals surface area contributed by atoms with E-state index >= 15 is 0 Å². The topological polar surface area (TPSA) is 84.5 Å². The highest BCUT2D eigenvalue weighted by molar-refractivity contribution is 7.92. The Morgan fingerprint density at radius 2 is 1.64 bits per heavy atom. The average molecular weight is 396 g/mol. The molecule has 0 saturated carbocycles. The lowest BCUT2D eigenvalue weighted by Crippen LogP contribution is -2.15. The summed E-state index contributed by atoms with van der Waals surface area (Å²) in [6.45, 7) is 1.88. The number of aryl methyl sites for hydroxylation is 1. The number of hydrogen-bond acceptors (Lipinski definition) is 4. The van der Waals surface area contributed by atoms with Crippen LogP contribution in [0.15, 0.2) is 77.7 Å². The largest absolute Gasteiger partial charge is 0.495 e. The van der Waals surface area contributed by atoms with Gasteiger partial charge in [-0.3, -0.25) is 9.52 Å². The lowest BCUT2D eigenvalue weighted by atomic mass is 10.2. The molecule has 0 saturated heterocycles. The fourth-order valence-electron chi connectivity index (χ4n) is 2.65. The molecule has 0 fully saturated rings. The number of para-hydroxylation sites is 2. The Kier molecular flexibility index (Phi) is 5.65. The SMILES string of the molecule is COc1ccccc1NC(=O)c1ccc(S(=O)(=O)Nc2cccc(C)c2)cc1. The van der Waals surface area contributed by atoms with Gasteiger partial charge in [-0.2, -0.15) is 0 Å². The van der Waals surface area contributed by atoms with Crippen LogP contribution in [0.4, 0.5) is 11.4 Å². The molecular weight excluding hydrogens is 376 g/mol. The molecule has 0 unspecified atom stereocenters. The zero-order valence-electron chi connectivity index (χ0n) is 15.5. The first kappa shape index (κ1) is 19.4. The van der Waals surface area contributed by atoms with Gasteiger partial charge < -0.3 is 10.1 Å². The second-order valence-electron chi connectivity index (χ2n) is 6.15. The molecule has 144 valence electrons. The van der Waals surface area contributed by atoms with E-state index in [4.69, 9.17) is 4.74 Å². The van der Waals surface area contributed by atoms with E-state index < -0.39 is 10.0 Å². The number of nitrogens with one attached hydrogen (secondary N) is 2. The number of ether oxygens (including phenoxy) is 1. The summed E-state index contributed by atoms with van der Waals surface area (Å²) in [5, 5.41) is 2.75. The van der Waals surface area contributed by atoms with Gasteiger partial charge in [-0.25, -0.2) is 8.42 Å². The number of rotatable bonds is 6. The van der Waals surface area contributed by atoms with E-state index in [-0.39, 0.29) is 10.8 Å². The van der Waals surface area contributed by atoms with Crippen LogP contribution in [0.3, 0.4) is 0 Å². The van der Waals surface area contributed by atoms with Crippen molar-refractivity contribution in [2.75, 3.05) is 17.1 Å². The summed E-state index contributed by atoms with van der Waals surface area (Å²) >= 11 is 0. The van der Waals surface area contributed by atoms with Gasteiger partial charge in [-0.05, 0) is 61.0 Å². The Bertz CT molecular complexity index is 1090. The number of methoxy groups -OCH3 is 1. The minimum absolute atomic E-state index is 0.0721. The van der Waals surface area contributed by atoms with Gasteiger partial charge >= 0.3 is 0 Å². The molecule has 0 aliphatic rings. The molecule has 3 rings (SSSR count). The lowest BCUT2D eigenvalue weighted by molar-refractivity contribution is 0.102. The van der Waals surface area contributed by atoms with Gasteiger partial charge in [0.05, 0.1) is 17.7 Å². The Morgan fingerprint density at radius 1 is 0.929 bits per heavy atom. The predicted octanol–water partition coefficient (Wildman–Crippen LogP) is 4.06. The van der Waals surface area contributed by atoms with E-state index in [0.29, 0.717) is 22.7 Å². The van der Waals surface area contributed by atoms with Crippen molar-refractivity contribution >= 4 is 27.3 Å². The molecule has 0 aliphatic carbocycles. The zero-order valence-corrected chi connectivity index (χ0v) is 16.3. The van der Waals surface area contributed by atoms with E-state index in [9.17, 15) is 13.2 Å². The fourth-order valence-corrected chi connectivity index (χ4v) is 3.70. The Morgan fingerprint density at radius 3 is 2.32 bits per heavy atom. The first-order chi connectivity index (χ1) is 13.4. The maximum absolute atomic E-state index is 12.5. The van der Waals surface area contributed by atoms with Gasteiger partial charge in [0.15, 0.2) is 0 Å². The molecule has 6 nitrogen and oxygen atoms in total. The second-order valence-corrected chi connectivity index (χ2v) is 7.84. The maximum Gasteiger partial charge on any atom is 0.261 e. The van der Waals surface area contributed by atoms with Crippen molar-refractivity contribution in [2.24, 2.45) is 0 Å². The molecule has 3 aromatic rings. The van der Waals surface area contributed by atoms with Gasteiger partial charge in [0, 0.05) is 11.3 Å². The smallest absolute Gasteiger partial charge is 0.261 e. The Hall–Kier alpha value is -3.32. The number of carbonyl (C=O) groups excluding carboxylic acids is 1. The van der Waals surface area contributed by atoms with Crippen molar-refractivity contribution in [3.8, 4) is 5.75 Å². The highest BCUT2D eigenvalue weighted by atomic mass is 32.2. The van der Waals surface area contributed by atoms with E-state index in [1.807, 2.05) is 13.0 Å². The molecule has 0 spiro atoms. The molecule has 7 heteroatoms. The van der Waals surface area contributed by atoms with Crippen LogP contribution >= 0.6 is 0 Å². The van der Waals surface area contributed by atoms with Crippen molar-refractivity contribution in [1.29, 1.82) is 0 Å². The summed E-state index contributed by atoms with van der Waals surface area (Å²) in [4.78, 5) is 12.5. The summed E-state index contributed by atoms with van der Waals surface area (Å²) in [6, 6.07) is 19.9. The molecule has 0 heterocycles. The fraction of sp³-hybridized carbons (Fsp3) is 0.0952. The number of anilines is 2. The summed E-state index contributed by atoms with van der Waals surface area (Å²) in [5.74, 6) is 0.178. The molecule has 0 bridgehead atoms. The highest BCUT2D eigenvalue weighted by Crippen LogP contribution is 2.24. The number of amides is 1. The molecule has 28 heavy (non-hydrogen) atoms. The third-order valence-electron chi connectivity index (χ3n) is 4.05. The van der Waals surface area contributed by atoms with Gasteiger partial charge in [-0.1, -0.05) is 24.3 Å². The van der Waals surface area contributed by atoms with Crippen LogP contribution in [0.5, 0.6) is 5.75 Å². The molecule has 0 aromatic heterocycles. The van der Waals surface area contributed by atoms with E-state index in [2.05, 4.69) is 10.0 Å². The normalized spacial score (nSPS) is 10.9. The van der Waals surface area contributed by atoms with E-state index in [1.165, 1.54) is 31.4 Å². The van der Waals surface area contributed by atoms with Crippen molar-refractivity contribution in [2.45, 2.75) is 11.8 Å². The monoisotopic (exact) mass is 396 g/mol. The standard InChI is InChI=1S/C21H20N2O4S/c1-15-6-5-7-17(14-15)23-28(25,26)18-12-10-16(11-13-18)21(24)22-19-8-3-4-9-20(19)27-2/h3-14,23H,1-2H3,(H,22,24). The summed E-state index contributed by atoms with van der Waals surface area (Å²) in [7, 11) is -2.22. The van der Waals surface area contributed by atoms with Crippen LogP contribution in [0.1, 0.15) is 15.9 Å². The molecule has 3 aromatic carbocycles. The molecule has 0 radical (unpaired) electrons. The Balaban J connectivity index is 1.76. The second kappa shape index (κ2) is 8.14. The minimum Gasteiger partial charge on any atom is -0.495 e. The molecule has 1 amide bonds. The van der Waals surface area contributed by atoms with Crippen LogP contribution in [-0.2, 0) is 10.0 Å². The van der Waals surface area contributed by atoms with Crippen molar-refractivity contribution < 1.29 is 17.9 Å². The number of sulfonamides is 1. The van der Waals surface area contributed by atoms with Gasteiger partial charge in [0.25, 0.3) is 15.9 Å². The van der Waals surface area contributed by atoms with Crippen LogP contribution in [0.25, 0.3) is 0 Å². The third-order valence-corrected chi connectivity index (χ3v) is 5.45. The number of carbonyl (C=O) groups is 1. The molecule has 0 atom stereocenters. The number of benzene rings is 3. The number of hydrogen-bond donors (Lipinski definition) is 2. The van der Waals surface area contributed by atoms with Crippen molar-refractivity contribution in [3.05, 3.63) is 83.9 Å². The van der Waals surface area contributed by atoms with Crippen LogP contribution in [-0.4, -0.2) is 21.4 Å². The van der Waals surface area contributed by atoms with Gasteiger partial charge in [0.2, 0.25) is 0 Å². The third kappa shape index (κ3) is 4.50. The molecule has 2 N–H and O–H groups in total. The van der Waals surface area contributed by atoms with Crippen LogP contribution < -0.4 is 14.8 Å². The van der Waals surface area contributed by atoms with Crippen LogP contribution in [0, 0.1) is 6.92 Å². The minimum atomic E-state index is -3.74. The Labute approximate surface area is 164 Å². The first-order valence-corrected chi connectivity index (χ1v) is 10.0. The summed E-state index contributed by atoms with van der Waals surface area (Å²) in [6.07, 6.45) is 0. The zero-order chi connectivity index (χ0) is 20.1. The van der Waals surface area contributed by atoms with E-state index in [1.54, 1.807) is 42.5 Å². The highest BCUT2D eigenvalue weighted by Gasteiger charge is 2.16. The van der Waals surface area contributed by atoms with Gasteiger partial charge in [0.1, 0.15) is 5.75 Å². The quantitative estimate of drug-likeness (QED) is 0.658. The maximum atomic E-state index is 12.5. The van der Waals surface area contributed by atoms with Gasteiger partial charge in [-0.15, -0.1) is 0 Å². The average Bonchev–Trinajstić information content (AvgIpc) is 2.68. The lowest BCUT2D eigenvalue weighted by Gasteiger charge is -2.11. The van der Waals surface area contributed by atoms with Crippen molar-refractivity contribution in [3.63, 3.8) is 0 Å². The van der Waals surface area contributed by atoms with E-state index in [0.717, 1.165) is 5.56 Å². The predicted molar refractivity (Wildman–Crippen MR) is 109 cm³/mol. The van der Waals surface area contributed by atoms with Crippen LogP contribution in [0.2, 0.25) is 0 Å². The summed E-state index contributed by atoms with van der Waals surface area (Å²) < 4.78 is 32.8. The molecular formula is C21H20N2O4S. The van der Waals surface area contributed by atoms with Crippen molar-refractivity contribution in [1.82, 2.24) is 0 Å². The molecule has 0 aliphatic heterocycles. The first-order valence-electron chi connectivity index (χ1n) is 8.53.